The predicted molar refractivity (Wildman–Crippen MR) is 75.3 cm³/mol. The smallest absolute Gasteiger partial charge is 0.437 e. The van der Waals surface area contributed by atoms with Crippen molar-refractivity contribution in [1.82, 2.24) is 4.98 Å². The van der Waals surface area contributed by atoms with Gasteiger partial charge in [0, 0.05) is 0 Å². The Kier molecular flexibility index (Phi) is 4.60. The van der Waals surface area contributed by atoms with Crippen molar-refractivity contribution in [3.05, 3.63) is 46.6 Å². The molecule has 1 amide bonds. The Labute approximate surface area is 124 Å². The molecule has 0 atom stereocenters. The average molecular weight is 314 g/mol. The summed E-state index contributed by atoms with van der Waals surface area (Å²) in [5.74, 6) is 0.507. The summed E-state index contributed by atoms with van der Waals surface area (Å²) in [6.07, 6.45) is 0.712. The van der Waals surface area contributed by atoms with Crippen molar-refractivity contribution >= 4 is 40.7 Å². The first-order chi connectivity index (χ1) is 9.54. The van der Waals surface area contributed by atoms with Gasteiger partial charge in [-0.3, -0.25) is 10.2 Å². The largest absolute Gasteiger partial charge is 0.463 e. The lowest BCUT2D eigenvalue weighted by molar-refractivity contribution is 0.166. The van der Waals surface area contributed by atoms with Crippen LogP contribution in [0.2, 0.25) is 10.3 Å². The fourth-order valence-electron chi connectivity index (χ4n) is 1.32. The maximum absolute atomic E-state index is 11.5. The molecule has 0 radical (unpaired) electrons. The zero-order valence-corrected chi connectivity index (χ0v) is 11.8. The number of anilines is 1. The van der Waals surface area contributed by atoms with Crippen LogP contribution in [0, 0.1) is 0 Å². The fourth-order valence-corrected chi connectivity index (χ4v) is 1.78. The number of carbonyl (C=O) groups excluding carboxylic acids is 1. The van der Waals surface area contributed by atoms with Gasteiger partial charge >= 0.3 is 6.09 Å². The molecule has 0 bridgehead atoms. The summed E-state index contributed by atoms with van der Waals surface area (Å²) in [5, 5.41) is 6.36. The first kappa shape index (κ1) is 14.4. The van der Waals surface area contributed by atoms with Gasteiger partial charge in [0.2, 0.25) is 0 Å². The highest BCUT2D eigenvalue weighted by atomic mass is 35.5. The van der Waals surface area contributed by atoms with Crippen LogP contribution in [-0.2, 0) is 4.84 Å². The molecule has 104 valence electrons. The molecule has 2 aromatic rings. The molecule has 2 aromatic heterocycles. The van der Waals surface area contributed by atoms with Gasteiger partial charge in [0.25, 0.3) is 0 Å². The van der Waals surface area contributed by atoms with Crippen LogP contribution in [0.3, 0.4) is 0 Å². The minimum atomic E-state index is -0.783. The van der Waals surface area contributed by atoms with Crippen LogP contribution in [0.15, 0.2) is 40.1 Å². The molecule has 0 aliphatic carbocycles. The van der Waals surface area contributed by atoms with E-state index in [1.807, 2.05) is 0 Å². The molecule has 8 heteroatoms. The molecule has 0 saturated heterocycles. The Bertz CT molecular complexity index is 621. The zero-order valence-electron chi connectivity index (χ0n) is 10.3. The Morgan fingerprint density at radius 2 is 2.10 bits per heavy atom. The molecule has 0 fully saturated rings. The molecule has 0 aliphatic rings. The topological polar surface area (TPSA) is 76.7 Å². The van der Waals surface area contributed by atoms with Gasteiger partial charge in [-0.15, -0.1) is 0 Å². The van der Waals surface area contributed by atoms with Crippen LogP contribution >= 0.6 is 23.2 Å². The van der Waals surface area contributed by atoms with Crippen LogP contribution in [0.5, 0.6) is 0 Å². The zero-order chi connectivity index (χ0) is 14.5. The molecule has 0 unspecified atom stereocenters. The SMILES string of the molecule is CC(=NOC(=O)Nc1cc(Cl)nc(Cl)c1)c1ccco1. The molecule has 20 heavy (non-hydrogen) atoms. The van der Waals surface area contributed by atoms with Crippen molar-refractivity contribution in [3.63, 3.8) is 0 Å². The Hall–Kier alpha value is -2.05. The van der Waals surface area contributed by atoms with E-state index in [4.69, 9.17) is 27.6 Å². The maximum atomic E-state index is 11.5. The van der Waals surface area contributed by atoms with E-state index < -0.39 is 6.09 Å². The number of hydrogen-bond donors (Lipinski definition) is 1. The number of oxime groups is 1. The maximum Gasteiger partial charge on any atom is 0.437 e. The number of nitrogens with zero attached hydrogens (tertiary/aromatic N) is 2. The van der Waals surface area contributed by atoms with Crippen LogP contribution in [0.25, 0.3) is 0 Å². The summed E-state index contributed by atoms with van der Waals surface area (Å²) < 4.78 is 5.09. The normalized spacial score (nSPS) is 11.2. The quantitative estimate of drug-likeness (QED) is 0.403. The van der Waals surface area contributed by atoms with Gasteiger partial charge in [-0.25, -0.2) is 9.78 Å². The number of pyridine rings is 1. The molecular formula is C12H9Cl2N3O3. The van der Waals surface area contributed by atoms with E-state index in [1.54, 1.807) is 19.1 Å². The minimum absolute atomic E-state index is 0.156. The van der Waals surface area contributed by atoms with Gasteiger partial charge in [0.05, 0.1) is 12.0 Å². The van der Waals surface area contributed by atoms with Crippen molar-refractivity contribution in [3.8, 4) is 0 Å². The lowest BCUT2D eigenvalue weighted by Crippen LogP contribution is -2.12. The molecule has 2 rings (SSSR count). The lowest BCUT2D eigenvalue weighted by atomic mass is 10.3. The highest BCUT2D eigenvalue weighted by Gasteiger charge is 2.07. The Morgan fingerprint density at radius 1 is 1.40 bits per heavy atom. The third kappa shape index (κ3) is 3.97. The van der Waals surface area contributed by atoms with Gasteiger partial charge < -0.3 is 4.42 Å². The van der Waals surface area contributed by atoms with Crippen molar-refractivity contribution in [2.24, 2.45) is 5.16 Å². The number of rotatable bonds is 3. The summed E-state index contributed by atoms with van der Waals surface area (Å²) in [6.45, 7) is 1.65. The van der Waals surface area contributed by atoms with Crippen molar-refractivity contribution in [1.29, 1.82) is 0 Å². The minimum Gasteiger partial charge on any atom is -0.463 e. The molecule has 0 aromatic carbocycles. The number of aromatic nitrogens is 1. The molecule has 0 aliphatic heterocycles. The number of halogens is 2. The van der Waals surface area contributed by atoms with E-state index in [2.05, 4.69) is 20.3 Å². The molecule has 2 heterocycles. The molecule has 6 nitrogen and oxygen atoms in total. The summed E-state index contributed by atoms with van der Waals surface area (Å²) in [5.41, 5.74) is 0.779. The van der Waals surface area contributed by atoms with Crippen molar-refractivity contribution in [2.75, 3.05) is 5.32 Å². The van der Waals surface area contributed by atoms with Crippen molar-refractivity contribution < 1.29 is 14.0 Å². The Morgan fingerprint density at radius 3 is 2.70 bits per heavy atom. The number of amides is 1. The second-order valence-electron chi connectivity index (χ2n) is 3.66. The van der Waals surface area contributed by atoms with Crippen LogP contribution in [0.1, 0.15) is 12.7 Å². The van der Waals surface area contributed by atoms with Gasteiger partial charge in [0.15, 0.2) is 5.76 Å². The first-order valence-electron chi connectivity index (χ1n) is 5.44. The summed E-state index contributed by atoms with van der Waals surface area (Å²) in [4.78, 5) is 20.0. The third-order valence-electron chi connectivity index (χ3n) is 2.15. The highest BCUT2D eigenvalue weighted by Crippen LogP contribution is 2.18. The highest BCUT2D eigenvalue weighted by molar-refractivity contribution is 6.32. The van der Waals surface area contributed by atoms with E-state index in [0.29, 0.717) is 17.2 Å². The van der Waals surface area contributed by atoms with Gasteiger partial charge in [-0.1, -0.05) is 28.4 Å². The van der Waals surface area contributed by atoms with Crippen molar-refractivity contribution in [2.45, 2.75) is 6.92 Å². The molecular weight excluding hydrogens is 305 g/mol. The Balaban J connectivity index is 1.97. The van der Waals surface area contributed by atoms with Gasteiger partial charge in [-0.2, -0.15) is 0 Å². The van der Waals surface area contributed by atoms with E-state index >= 15 is 0 Å². The van der Waals surface area contributed by atoms with E-state index in [0.717, 1.165) is 0 Å². The summed E-state index contributed by atoms with van der Waals surface area (Å²) in [6, 6.07) is 6.26. The molecule has 0 spiro atoms. The number of furan rings is 1. The van der Waals surface area contributed by atoms with E-state index in [-0.39, 0.29) is 10.3 Å². The van der Waals surface area contributed by atoms with Crippen LogP contribution in [0.4, 0.5) is 10.5 Å². The fraction of sp³-hybridized carbons (Fsp3) is 0.0833. The van der Waals surface area contributed by atoms with Gasteiger partial charge in [0.1, 0.15) is 16.0 Å². The number of carbonyl (C=O) groups is 1. The van der Waals surface area contributed by atoms with Gasteiger partial charge in [-0.05, 0) is 31.2 Å². The van der Waals surface area contributed by atoms with E-state index in [1.165, 1.54) is 18.4 Å². The summed E-state index contributed by atoms with van der Waals surface area (Å²) in [7, 11) is 0. The number of hydrogen-bond acceptors (Lipinski definition) is 5. The summed E-state index contributed by atoms with van der Waals surface area (Å²) >= 11 is 11.4. The standard InChI is InChI=1S/C12H9Cl2N3O3/c1-7(9-3-2-4-19-9)17-20-12(18)15-8-5-10(13)16-11(14)6-8/h2-6H,1H3,(H,15,16,18). The second-order valence-corrected chi connectivity index (χ2v) is 4.43. The van der Waals surface area contributed by atoms with E-state index in [9.17, 15) is 4.79 Å². The first-order valence-corrected chi connectivity index (χ1v) is 6.20. The van der Waals surface area contributed by atoms with Crippen LogP contribution in [-0.4, -0.2) is 16.8 Å². The average Bonchev–Trinajstić information content (AvgIpc) is 2.88. The second kappa shape index (κ2) is 6.40. The third-order valence-corrected chi connectivity index (χ3v) is 2.54. The molecule has 0 saturated carbocycles. The molecule has 1 N–H and O–H groups in total. The number of nitrogens with one attached hydrogen (secondary N) is 1. The van der Waals surface area contributed by atoms with Crippen LogP contribution < -0.4 is 5.32 Å². The lowest BCUT2D eigenvalue weighted by Gasteiger charge is -2.04. The monoisotopic (exact) mass is 313 g/mol. The predicted octanol–water partition coefficient (Wildman–Crippen LogP) is 3.95.